The van der Waals surface area contributed by atoms with E-state index in [-0.39, 0.29) is 16.0 Å². The molecule has 1 saturated carbocycles. The lowest BCUT2D eigenvalue weighted by molar-refractivity contribution is 0.0619. The summed E-state index contributed by atoms with van der Waals surface area (Å²) in [6.45, 7) is 2.12. The largest absolute Gasteiger partial charge is 0.388 e. The van der Waals surface area contributed by atoms with Crippen molar-refractivity contribution in [1.29, 1.82) is 0 Å². The predicted octanol–water partition coefficient (Wildman–Crippen LogP) is 4.98. The van der Waals surface area contributed by atoms with E-state index in [1.54, 1.807) is 0 Å². The number of aliphatic hydroxyl groups is 1. The molecular weight excluding hydrogens is 314 g/mol. The zero-order chi connectivity index (χ0) is 14.0. The van der Waals surface area contributed by atoms with Gasteiger partial charge in [-0.25, -0.2) is 8.78 Å². The zero-order valence-electron chi connectivity index (χ0n) is 11.0. The third-order valence-electron chi connectivity index (χ3n) is 4.22. The number of halogens is 3. The van der Waals surface area contributed by atoms with E-state index in [1.807, 2.05) is 0 Å². The van der Waals surface area contributed by atoms with Crippen LogP contribution in [0.25, 0.3) is 0 Å². The summed E-state index contributed by atoms with van der Waals surface area (Å²) in [4.78, 5) is 0. The molecule has 0 heterocycles. The van der Waals surface area contributed by atoms with Crippen LogP contribution in [0.15, 0.2) is 16.6 Å². The molecule has 19 heavy (non-hydrogen) atoms. The van der Waals surface area contributed by atoms with Crippen molar-refractivity contribution in [1.82, 2.24) is 0 Å². The molecule has 0 radical (unpaired) electrons. The number of benzene rings is 1. The van der Waals surface area contributed by atoms with Gasteiger partial charge in [0.1, 0.15) is 11.6 Å². The van der Waals surface area contributed by atoms with Crippen LogP contribution in [0.5, 0.6) is 0 Å². The quantitative estimate of drug-likeness (QED) is 0.774. The van der Waals surface area contributed by atoms with Gasteiger partial charge in [0.2, 0.25) is 0 Å². The van der Waals surface area contributed by atoms with Gasteiger partial charge in [0.15, 0.2) is 0 Å². The van der Waals surface area contributed by atoms with E-state index in [4.69, 9.17) is 0 Å². The van der Waals surface area contributed by atoms with Crippen LogP contribution < -0.4 is 0 Å². The summed E-state index contributed by atoms with van der Waals surface area (Å²) < 4.78 is 28.0. The molecule has 3 unspecified atom stereocenters. The molecule has 106 valence electrons. The van der Waals surface area contributed by atoms with E-state index >= 15 is 0 Å². The molecular formula is C15H19BrF2O. The van der Waals surface area contributed by atoms with Crippen molar-refractivity contribution in [3.8, 4) is 0 Å². The van der Waals surface area contributed by atoms with E-state index in [2.05, 4.69) is 22.9 Å². The number of hydrogen-bond acceptors (Lipinski definition) is 1. The Balaban J connectivity index is 2.24. The summed E-state index contributed by atoms with van der Waals surface area (Å²) >= 11 is 3.05. The molecule has 0 bridgehead atoms. The summed E-state index contributed by atoms with van der Waals surface area (Å²) in [5, 5.41) is 10.3. The molecule has 1 fully saturated rings. The summed E-state index contributed by atoms with van der Waals surface area (Å²) in [5.74, 6) is -0.818. The third-order valence-corrected chi connectivity index (χ3v) is 4.83. The second kappa shape index (κ2) is 6.31. The van der Waals surface area contributed by atoms with Gasteiger partial charge in [-0.15, -0.1) is 0 Å². The fourth-order valence-electron chi connectivity index (χ4n) is 3.04. The third kappa shape index (κ3) is 3.16. The molecule has 4 heteroatoms. The molecule has 2 rings (SSSR count). The van der Waals surface area contributed by atoms with Crippen LogP contribution in [-0.2, 0) is 0 Å². The van der Waals surface area contributed by atoms with Crippen LogP contribution >= 0.6 is 15.9 Å². The molecule has 1 nitrogen and oxygen atoms in total. The smallest absolute Gasteiger partial charge is 0.146 e. The number of rotatable bonds is 3. The van der Waals surface area contributed by atoms with Crippen LogP contribution in [0.2, 0.25) is 0 Å². The molecule has 0 aromatic heterocycles. The minimum Gasteiger partial charge on any atom is -0.388 e. The lowest BCUT2D eigenvalue weighted by Gasteiger charge is -2.32. The van der Waals surface area contributed by atoms with E-state index in [0.717, 1.165) is 32.1 Å². The highest BCUT2D eigenvalue weighted by Gasteiger charge is 2.31. The highest BCUT2D eigenvalue weighted by atomic mass is 79.9. The molecule has 1 aliphatic rings. The monoisotopic (exact) mass is 332 g/mol. The topological polar surface area (TPSA) is 20.2 Å². The minimum atomic E-state index is -1.05. The Morgan fingerprint density at radius 1 is 1.37 bits per heavy atom. The van der Waals surface area contributed by atoms with Crippen molar-refractivity contribution in [3.05, 3.63) is 33.8 Å². The molecule has 3 atom stereocenters. The summed E-state index contributed by atoms with van der Waals surface area (Å²) in [6, 6.07) is 2.53. The lowest BCUT2D eigenvalue weighted by Crippen LogP contribution is -2.22. The van der Waals surface area contributed by atoms with Gasteiger partial charge in [-0.05, 0) is 52.7 Å². The van der Waals surface area contributed by atoms with Gasteiger partial charge < -0.3 is 5.11 Å². The van der Waals surface area contributed by atoms with Crippen LogP contribution in [-0.4, -0.2) is 5.11 Å². The average molecular weight is 333 g/mol. The molecule has 0 spiro atoms. The maximum Gasteiger partial charge on any atom is 0.146 e. The molecule has 0 saturated heterocycles. The molecule has 1 N–H and O–H groups in total. The normalized spacial score (nSPS) is 25.3. The van der Waals surface area contributed by atoms with Gasteiger partial charge in [-0.2, -0.15) is 0 Å². The standard InChI is InChI=1S/C15H19BrF2O/c1-2-9-4-3-5-10(8-9)15(19)13-12(17)7-6-11(16)14(13)18/h6-7,9-10,15,19H,2-5,8H2,1H3. The molecule has 0 amide bonds. The van der Waals surface area contributed by atoms with Crippen molar-refractivity contribution in [2.75, 3.05) is 0 Å². The second-order valence-electron chi connectivity index (χ2n) is 5.40. The average Bonchev–Trinajstić information content (AvgIpc) is 2.43. The Morgan fingerprint density at radius 3 is 2.79 bits per heavy atom. The zero-order valence-corrected chi connectivity index (χ0v) is 12.6. The Bertz CT molecular complexity index is 450. The molecule has 1 aliphatic carbocycles. The SMILES string of the molecule is CCC1CCCC(C(O)c2c(F)ccc(Br)c2F)C1. The van der Waals surface area contributed by atoms with Crippen LogP contribution in [0, 0.1) is 23.5 Å². The molecule has 1 aromatic rings. The van der Waals surface area contributed by atoms with E-state index in [9.17, 15) is 13.9 Å². The van der Waals surface area contributed by atoms with Crippen LogP contribution in [0.1, 0.15) is 50.7 Å². The second-order valence-corrected chi connectivity index (χ2v) is 6.26. The number of hydrogen-bond donors (Lipinski definition) is 1. The summed E-state index contributed by atoms with van der Waals surface area (Å²) in [5.41, 5.74) is -0.184. The first-order valence-corrected chi connectivity index (χ1v) is 7.65. The molecule has 1 aromatic carbocycles. The predicted molar refractivity (Wildman–Crippen MR) is 74.8 cm³/mol. The fourth-order valence-corrected chi connectivity index (χ4v) is 3.39. The Morgan fingerprint density at radius 2 is 2.11 bits per heavy atom. The van der Waals surface area contributed by atoms with E-state index in [0.29, 0.717) is 5.92 Å². The fraction of sp³-hybridized carbons (Fsp3) is 0.600. The van der Waals surface area contributed by atoms with E-state index < -0.39 is 17.7 Å². The Labute approximate surface area is 121 Å². The van der Waals surface area contributed by atoms with Gasteiger partial charge in [0.25, 0.3) is 0 Å². The van der Waals surface area contributed by atoms with Crippen molar-refractivity contribution >= 4 is 15.9 Å². The Kier molecular flexibility index (Phi) is 4.96. The van der Waals surface area contributed by atoms with Crippen molar-refractivity contribution in [2.24, 2.45) is 11.8 Å². The maximum atomic E-state index is 14.0. The lowest BCUT2D eigenvalue weighted by atomic mass is 9.76. The van der Waals surface area contributed by atoms with Gasteiger partial charge in [-0.3, -0.25) is 0 Å². The van der Waals surface area contributed by atoms with Gasteiger partial charge in [0, 0.05) is 0 Å². The summed E-state index contributed by atoms with van der Waals surface area (Å²) in [6.07, 6.45) is 3.88. The Hall–Kier alpha value is -0.480. The highest BCUT2D eigenvalue weighted by molar-refractivity contribution is 9.10. The first-order valence-electron chi connectivity index (χ1n) is 6.86. The van der Waals surface area contributed by atoms with Crippen LogP contribution in [0.3, 0.4) is 0 Å². The van der Waals surface area contributed by atoms with Gasteiger partial charge in [0.05, 0.1) is 16.1 Å². The maximum absolute atomic E-state index is 14.0. The van der Waals surface area contributed by atoms with Gasteiger partial charge >= 0.3 is 0 Å². The highest BCUT2D eigenvalue weighted by Crippen LogP contribution is 2.40. The van der Waals surface area contributed by atoms with Crippen molar-refractivity contribution in [3.63, 3.8) is 0 Å². The van der Waals surface area contributed by atoms with Crippen molar-refractivity contribution in [2.45, 2.75) is 45.1 Å². The first kappa shape index (κ1) is 14.9. The minimum absolute atomic E-state index is 0.0444. The summed E-state index contributed by atoms with van der Waals surface area (Å²) in [7, 11) is 0. The van der Waals surface area contributed by atoms with Gasteiger partial charge in [-0.1, -0.05) is 26.2 Å². The van der Waals surface area contributed by atoms with E-state index in [1.165, 1.54) is 12.1 Å². The first-order chi connectivity index (χ1) is 9.04. The number of aliphatic hydroxyl groups excluding tert-OH is 1. The van der Waals surface area contributed by atoms with Crippen molar-refractivity contribution < 1.29 is 13.9 Å². The molecule has 0 aliphatic heterocycles. The van der Waals surface area contributed by atoms with Crippen LogP contribution in [0.4, 0.5) is 8.78 Å².